The molecule has 4 heteroatoms. The number of hydrogen-bond donors (Lipinski definition) is 1. The first kappa shape index (κ1) is 10.1. The molecule has 0 aliphatic rings. The Morgan fingerprint density at radius 2 is 1.82 bits per heavy atom. The number of rotatable bonds is 2. The molecule has 64 valence electrons. The van der Waals surface area contributed by atoms with Gasteiger partial charge in [-0.15, -0.1) is 0 Å². The third kappa shape index (κ3) is 3.72. The summed E-state index contributed by atoms with van der Waals surface area (Å²) in [6, 6.07) is -0.709. The molecule has 0 saturated heterocycles. The Balaban J connectivity index is 3.93. The summed E-state index contributed by atoms with van der Waals surface area (Å²) >= 11 is 0. The molecule has 0 aliphatic carbocycles. The molecule has 0 aromatic heterocycles. The second-order valence-corrected chi connectivity index (χ2v) is 2.68. The number of hydrogen-bond acceptors (Lipinski definition) is 4. The Bertz CT molecular complexity index is 165. The van der Waals surface area contributed by atoms with Crippen LogP contribution < -0.4 is 5.73 Å². The van der Waals surface area contributed by atoms with Crippen LogP contribution in [-0.4, -0.2) is 18.0 Å². The van der Waals surface area contributed by atoms with Gasteiger partial charge in [-0.05, 0) is 5.92 Å². The zero-order valence-corrected chi connectivity index (χ0v) is 6.96. The minimum atomic E-state index is -0.709. The molecule has 0 radical (unpaired) electrons. The topological polar surface area (TPSA) is 69.4 Å². The maximum absolute atomic E-state index is 10.8. The first-order valence-electron chi connectivity index (χ1n) is 3.43. The summed E-state index contributed by atoms with van der Waals surface area (Å²) in [5, 5.41) is 0. The highest BCUT2D eigenvalue weighted by molar-refractivity contribution is 5.87. The zero-order valence-electron chi connectivity index (χ0n) is 6.96. The number of nitrogens with two attached hydrogens (primary N) is 1. The number of esters is 2. The molecule has 0 amide bonds. The fourth-order valence-electron chi connectivity index (χ4n) is 0.482. The molecular formula is C7H13NO3. The van der Waals surface area contributed by atoms with Crippen LogP contribution in [0.4, 0.5) is 0 Å². The van der Waals surface area contributed by atoms with Crippen LogP contribution in [0.15, 0.2) is 0 Å². The van der Waals surface area contributed by atoms with Crippen LogP contribution in [0.2, 0.25) is 0 Å². The molecule has 0 fully saturated rings. The van der Waals surface area contributed by atoms with Gasteiger partial charge in [-0.25, -0.2) is 4.79 Å². The zero-order chi connectivity index (χ0) is 9.02. The van der Waals surface area contributed by atoms with E-state index in [1.165, 1.54) is 6.92 Å². The Labute approximate surface area is 65.7 Å². The standard InChI is InChI=1S/C7H13NO3/c1-4(2)6(8)7(10)11-5(3)9/h4,6H,8H2,1-3H3/t6-/m0/s1. The van der Waals surface area contributed by atoms with Gasteiger partial charge in [0.15, 0.2) is 0 Å². The lowest BCUT2D eigenvalue weighted by atomic mass is 10.1. The van der Waals surface area contributed by atoms with Gasteiger partial charge in [0.2, 0.25) is 0 Å². The van der Waals surface area contributed by atoms with Gasteiger partial charge in [0.05, 0.1) is 0 Å². The third-order valence-electron chi connectivity index (χ3n) is 1.23. The molecule has 4 nitrogen and oxygen atoms in total. The summed E-state index contributed by atoms with van der Waals surface area (Å²) in [5.41, 5.74) is 5.38. The predicted octanol–water partition coefficient (Wildman–Crippen LogP) is 0.0594. The van der Waals surface area contributed by atoms with Crippen LogP contribution in [0, 0.1) is 5.92 Å². The molecular weight excluding hydrogens is 146 g/mol. The van der Waals surface area contributed by atoms with E-state index in [0.29, 0.717) is 0 Å². The van der Waals surface area contributed by atoms with Crippen LogP contribution in [0.3, 0.4) is 0 Å². The highest BCUT2D eigenvalue weighted by Crippen LogP contribution is 2.00. The van der Waals surface area contributed by atoms with Gasteiger partial charge in [0, 0.05) is 6.92 Å². The van der Waals surface area contributed by atoms with Crippen molar-refractivity contribution in [2.24, 2.45) is 11.7 Å². The van der Waals surface area contributed by atoms with Gasteiger partial charge in [-0.3, -0.25) is 4.79 Å². The number of carbonyl (C=O) groups excluding carboxylic acids is 2. The first-order valence-corrected chi connectivity index (χ1v) is 3.43. The minimum Gasteiger partial charge on any atom is -0.392 e. The van der Waals surface area contributed by atoms with Gasteiger partial charge in [-0.2, -0.15) is 0 Å². The van der Waals surface area contributed by atoms with E-state index < -0.39 is 18.0 Å². The van der Waals surface area contributed by atoms with Crippen molar-refractivity contribution in [3.05, 3.63) is 0 Å². The van der Waals surface area contributed by atoms with Crippen molar-refractivity contribution < 1.29 is 14.3 Å². The molecule has 0 bridgehead atoms. The van der Waals surface area contributed by atoms with Crippen LogP contribution in [0.5, 0.6) is 0 Å². The molecule has 0 aromatic carbocycles. The fraction of sp³-hybridized carbons (Fsp3) is 0.714. The van der Waals surface area contributed by atoms with Crippen molar-refractivity contribution in [1.82, 2.24) is 0 Å². The van der Waals surface area contributed by atoms with Gasteiger partial charge < -0.3 is 10.5 Å². The van der Waals surface area contributed by atoms with E-state index in [2.05, 4.69) is 4.74 Å². The monoisotopic (exact) mass is 159 g/mol. The Hall–Kier alpha value is -0.900. The van der Waals surface area contributed by atoms with Gasteiger partial charge in [0.1, 0.15) is 6.04 Å². The van der Waals surface area contributed by atoms with Crippen molar-refractivity contribution in [2.75, 3.05) is 0 Å². The van der Waals surface area contributed by atoms with E-state index in [1.54, 1.807) is 13.8 Å². The summed E-state index contributed by atoms with van der Waals surface area (Å²) in [4.78, 5) is 21.1. The van der Waals surface area contributed by atoms with E-state index in [4.69, 9.17) is 5.73 Å². The summed E-state index contributed by atoms with van der Waals surface area (Å²) in [5.74, 6) is -1.29. The first-order chi connectivity index (χ1) is 4.95. The molecule has 0 spiro atoms. The Kier molecular flexibility index (Phi) is 3.74. The molecule has 0 saturated carbocycles. The molecule has 2 N–H and O–H groups in total. The second kappa shape index (κ2) is 4.08. The molecule has 0 aliphatic heterocycles. The van der Waals surface area contributed by atoms with Gasteiger partial charge >= 0.3 is 11.9 Å². The fourth-order valence-corrected chi connectivity index (χ4v) is 0.482. The number of ether oxygens (including phenoxy) is 1. The highest BCUT2D eigenvalue weighted by Gasteiger charge is 2.19. The van der Waals surface area contributed by atoms with Crippen LogP contribution in [0.25, 0.3) is 0 Å². The molecule has 0 heterocycles. The SMILES string of the molecule is CC(=O)OC(=O)[C@@H](N)C(C)C. The van der Waals surface area contributed by atoms with E-state index in [1.807, 2.05) is 0 Å². The van der Waals surface area contributed by atoms with Crippen molar-refractivity contribution in [3.63, 3.8) is 0 Å². The van der Waals surface area contributed by atoms with Crippen molar-refractivity contribution in [1.29, 1.82) is 0 Å². The summed E-state index contributed by atoms with van der Waals surface area (Å²) in [6.45, 7) is 4.74. The van der Waals surface area contributed by atoms with Crippen molar-refractivity contribution in [2.45, 2.75) is 26.8 Å². The van der Waals surface area contributed by atoms with Crippen LogP contribution in [0.1, 0.15) is 20.8 Å². The van der Waals surface area contributed by atoms with Gasteiger partial charge in [0.25, 0.3) is 0 Å². The summed E-state index contributed by atoms with van der Waals surface area (Å²) < 4.78 is 4.27. The molecule has 0 unspecified atom stereocenters. The van der Waals surface area contributed by atoms with E-state index >= 15 is 0 Å². The largest absolute Gasteiger partial charge is 0.392 e. The lowest BCUT2D eigenvalue weighted by Gasteiger charge is -2.11. The quantitative estimate of drug-likeness (QED) is 0.457. The van der Waals surface area contributed by atoms with E-state index in [-0.39, 0.29) is 5.92 Å². The Morgan fingerprint density at radius 3 is 2.09 bits per heavy atom. The Morgan fingerprint density at radius 1 is 1.36 bits per heavy atom. The summed E-state index contributed by atoms with van der Waals surface area (Å²) in [7, 11) is 0. The average molecular weight is 159 g/mol. The van der Waals surface area contributed by atoms with E-state index in [0.717, 1.165) is 0 Å². The normalized spacial score (nSPS) is 12.8. The van der Waals surface area contributed by atoms with Crippen LogP contribution in [-0.2, 0) is 14.3 Å². The molecule has 0 rings (SSSR count). The maximum Gasteiger partial charge on any atom is 0.330 e. The summed E-state index contributed by atoms with van der Waals surface area (Å²) in [6.07, 6.45) is 0. The van der Waals surface area contributed by atoms with Crippen molar-refractivity contribution in [3.8, 4) is 0 Å². The number of carbonyl (C=O) groups is 2. The van der Waals surface area contributed by atoms with Crippen molar-refractivity contribution >= 4 is 11.9 Å². The van der Waals surface area contributed by atoms with E-state index in [9.17, 15) is 9.59 Å². The lowest BCUT2D eigenvalue weighted by molar-refractivity contribution is -0.159. The maximum atomic E-state index is 10.8. The minimum absolute atomic E-state index is 0.0122. The predicted molar refractivity (Wildman–Crippen MR) is 39.6 cm³/mol. The molecule has 11 heavy (non-hydrogen) atoms. The smallest absolute Gasteiger partial charge is 0.330 e. The second-order valence-electron chi connectivity index (χ2n) is 2.68. The third-order valence-corrected chi connectivity index (χ3v) is 1.23. The molecule has 1 atom stereocenters. The molecule has 0 aromatic rings. The lowest BCUT2D eigenvalue weighted by Crippen LogP contribution is -2.37. The van der Waals surface area contributed by atoms with Gasteiger partial charge in [-0.1, -0.05) is 13.8 Å². The average Bonchev–Trinajstić information content (AvgIpc) is 1.84. The van der Waals surface area contributed by atoms with Crippen LogP contribution >= 0.6 is 0 Å². The highest BCUT2D eigenvalue weighted by atomic mass is 16.6.